The van der Waals surface area contributed by atoms with E-state index in [2.05, 4.69) is 16.8 Å². The van der Waals surface area contributed by atoms with E-state index in [0.717, 1.165) is 25.4 Å². The molecular formula is C11H18N2O2. The second-order valence-electron chi connectivity index (χ2n) is 3.98. The fraction of sp³-hybridized carbons (Fsp3) is 0.727. The van der Waals surface area contributed by atoms with Gasteiger partial charge in [-0.3, -0.25) is 4.90 Å². The van der Waals surface area contributed by atoms with Crippen LogP contribution in [0.3, 0.4) is 0 Å². The second kappa shape index (κ2) is 4.77. The van der Waals surface area contributed by atoms with E-state index >= 15 is 0 Å². The minimum absolute atomic E-state index is 0.0393. The molecule has 1 unspecified atom stereocenters. The summed E-state index contributed by atoms with van der Waals surface area (Å²) in [5, 5.41) is 8.94. The van der Waals surface area contributed by atoms with Crippen molar-refractivity contribution in [3.05, 3.63) is 17.8 Å². The van der Waals surface area contributed by atoms with Gasteiger partial charge in [0, 0.05) is 0 Å². The van der Waals surface area contributed by atoms with E-state index < -0.39 is 0 Å². The molecule has 1 aromatic rings. The zero-order chi connectivity index (χ0) is 10.7. The highest BCUT2D eigenvalue weighted by Gasteiger charge is 2.26. The number of aromatic nitrogens is 1. The Morgan fingerprint density at radius 1 is 1.60 bits per heavy atom. The summed E-state index contributed by atoms with van der Waals surface area (Å²) in [6.07, 6.45) is 5.16. The number of piperidine rings is 1. The molecule has 1 atom stereocenters. The topological polar surface area (TPSA) is 49.5 Å². The highest BCUT2D eigenvalue weighted by Crippen LogP contribution is 2.29. The first-order valence-electron chi connectivity index (χ1n) is 5.64. The molecule has 1 aliphatic heterocycles. The Morgan fingerprint density at radius 2 is 2.47 bits per heavy atom. The van der Waals surface area contributed by atoms with Gasteiger partial charge in [-0.1, -0.05) is 13.3 Å². The van der Waals surface area contributed by atoms with Crippen LogP contribution in [-0.2, 0) is 6.61 Å². The van der Waals surface area contributed by atoms with Crippen LogP contribution in [0.5, 0.6) is 0 Å². The summed E-state index contributed by atoms with van der Waals surface area (Å²) in [5.74, 6) is 0.764. The smallest absolute Gasteiger partial charge is 0.211 e. The van der Waals surface area contributed by atoms with Crippen molar-refractivity contribution >= 4 is 0 Å². The number of aliphatic hydroxyl groups excluding tert-OH is 1. The molecule has 1 saturated heterocycles. The minimum atomic E-state index is -0.0393. The summed E-state index contributed by atoms with van der Waals surface area (Å²) in [6, 6.07) is 0.309. The zero-order valence-electron chi connectivity index (χ0n) is 9.15. The average molecular weight is 210 g/mol. The van der Waals surface area contributed by atoms with E-state index in [1.807, 2.05) is 0 Å². The average Bonchev–Trinajstić information content (AvgIpc) is 2.77. The van der Waals surface area contributed by atoms with Crippen LogP contribution in [0.25, 0.3) is 0 Å². The molecule has 0 bridgehead atoms. The molecule has 0 aromatic carbocycles. The number of oxazole rings is 1. The lowest BCUT2D eigenvalue weighted by molar-refractivity contribution is 0.132. The number of hydrogen-bond donors (Lipinski definition) is 1. The molecule has 4 heteroatoms. The summed E-state index contributed by atoms with van der Waals surface area (Å²) in [7, 11) is 0. The third kappa shape index (κ3) is 2.21. The van der Waals surface area contributed by atoms with Gasteiger partial charge in [0.2, 0.25) is 5.89 Å². The lowest BCUT2D eigenvalue weighted by Gasteiger charge is -2.32. The number of hydrogen-bond acceptors (Lipinski definition) is 4. The fourth-order valence-corrected chi connectivity index (χ4v) is 2.20. The Labute approximate surface area is 89.9 Å². The van der Waals surface area contributed by atoms with Crippen molar-refractivity contribution in [1.29, 1.82) is 0 Å². The van der Waals surface area contributed by atoms with E-state index in [1.165, 1.54) is 12.8 Å². The molecule has 15 heavy (non-hydrogen) atoms. The first-order chi connectivity index (χ1) is 7.35. The first-order valence-corrected chi connectivity index (χ1v) is 5.64. The van der Waals surface area contributed by atoms with Crippen LogP contribution in [0, 0.1) is 0 Å². The fourth-order valence-electron chi connectivity index (χ4n) is 2.20. The molecular weight excluding hydrogens is 192 g/mol. The maximum atomic E-state index is 8.94. The number of aliphatic hydroxyl groups is 1. The van der Waals surface area contributed by atoms with Gasteiger partial charge in [-0.2, -0.15) is 0 Å². The summed E-state index contributed by atoms with van der Waals surface area (Å²) in [4.78, 5) is 6.68. The predicted molar refractivity (Wildman–Crippen MR) is 56.3 cm³/mol. The number of likely N-dealkylation sites (tertiary alicyclic amines) is 1. The molecule has 84 valence electrons. The van der Waals surface area contributed by atoms with Gasteiger partial charge in [0.15, 0.2) is 0 Å². The van der Waals surface area contributed by atoms with Crippen molar-refractivity contribution in [3.8, 4) is 0 Å². The molecule has 0 aliphatic carbocycles. The molecule has 4 nitrogen and oxygen atoms in total. The lowest BCUT2D eigenvalue weighted by atomic mass is 10.0. The van der Waals surface area contributed by atoms with Crippen molar-refractivity contribution in [3.63, 3.8) is 0 Å². The molecule has 1 fully saturated rings. The molecule has 0 amide bonds. The van der Waals surface area contributed by atoms with E-state index in [1.54, 1.807) is 6.26 Å². The van der Waals surface area contributed by atoms with Crippen molar-refractivity contribution < 1.29 is 9.52 Å². The van der Waals surface area contributed by atoms with Gasteiger partial charge in [-0.05, 0) is 25.9 Å². The maximum Gasteiger partial charge on any atom is 0.211 e. The van der Waals surface area contributed by atoms with Gasteiger partial charge in [0.25, 0.3) is 0 Å². The molecule has 2 heterocycles. The van der Waals surface area contributed by atoms with Crippen LogP contribution in [-0.4, -0.2) is 28.1 Å². The van der Waals surface area contributed by atoms with Crippen molar-refractivity contribution in [2.45, 2.75) is 38.8 Å². The maximum absolute atomic E-state index is 8.94. The highest BCUT2D eigenvalue weighted by molar-refractivity contribution is 5.00. The number of rotatable bonds is 3. The monoisotopic (exact) mass is 210 g/mol. The zero-order valence-corrected chi connectivity index (χ0v) is 9.15. The Kier molecular flexibility index (Phi) is 3.38. The van der Waals surface area contributed by atoms with Gasteiger partial charge >= 0.3 is 0 Å². The van der Waals surface area contributed by atoms with Gasteiger partial charge in [0.05, 0.1) is 12.6 Å². The van der Waals surface area contributed by atoms with Crippen LogP contribution in [0.15, 0.2) is 10.7 Å². The summed E-state index contributed by atoms with van der Waals surface area (Å²) in [5.41, 5.74) is 0.631. The van der Waals surface area contributed by atoms with E-state index in [-0.39, 0.29) is 6.61 Å². The Morgan fingerprint density at radius 3 is 3.13 bits per heavy atom. The lowest BCUT2D eigenvalue weighted by Crippen LogP contribution is -2.33. The molecule has 1 aromatic heterocycles. The summed E-state index contributed by atoms with van der Waals surface area (Å²) in [6.45, 7) is 4.27. The van der Waals surface area contributed by atoms with E-state index in [0.29, 0.717) is 11.7 Å². The molecule has 0 radical (unpaired) electrons. The summed E-state index contributed by atoms with van der Waals surface area (Å²) < 4.78 is 5.41. The molecule has 0 saturated carbocycles. The normalized spacial score (nSPS) is 23.2. The quantitative estimate of drug-likeness (QED) is 0.825. The largest absolute Gasteiger partial charge is 0.447 e. The second-order valence-corrected chi connectivity index (χ2v) is 3.98. The van der Waals surface area contributed by atoms with Gasteiger partial charge in [-0.25, -0.2) is 4.98 Å². The van der Waals surface area contributed by atoms with Crippen LogP contribution in [0.1, 0.15) is 43.8 Å². The third-order valence-electron chi connectivity index (χ3n) is 3.04. The molecule has 0 spiro atoms. The summed E-state index contributed by atoms with van der Waals surface area (Å²) >= 11 is 0. The van der Waals surface area contributed by atoms with Crippen LogP contribution < -0.4 is 0 Å². The van der Waals surface area contributed by atoms with E-state index in [4.69, 9.17) is 9.52 Å². The van der Waals surface area contributed by atoms with E-state index in [9.17, 15) is 0 Å². The predicted octanol–water partition coefficient (Wildman–Crippen LogP) is 1.71. The van der Waals surface area contributed by atoms with Gasteiger partial charge in [-0.15, -0.1) is 0 Å². The Bertz CT molecular complexity index is 311. The first kappa shape index (κ1) is 10.6. The van der Waals surface area contributed by atoms with Crippen LogP contribution >= 0.6 is 0 Å². The van der Waals surface area contributed by atoms with Crippen molar-refractivity contribution in [2.75, 3.05) is 13.1 Å². The van der Waals surface area contributed by atoms with Gasteiger partial charge < -0.3 is 9.52 Å². The van der Waals surface area contributed by atoms with Crippen molar-refractivity contribution in [1.82, 2.24) is 9.88 Å². The van der Waals surface area contributed by atoms with Gasteiger partial charge in [0.1, 0.15) is 12.0 Å². The standard InChI is InChI=1S/C11H18N2O2/c1-2-13-6-4-3-5-10(13)11-12-9(7-14)8-15-11/h8,10,14H,2-7H2,1H3. The van der Waals surface area contributed by atoms with Crippen molar-refractivity contribution in [2.24, 2.45) is 0 Å². The molecule has 1 aliphatic rings. The molecule has 1 N–H and O–H groups in total. The SMILES string of the molecule is CCN1CCCCC1c1nc(CO)co1. The number of nitrogens with zero attached hydrogens (tertiary/aromatic N) is 2. The third-order valence-corrected chi connectivity index (χ3v) is 3.04. The highest BCUT2D eigenvalue weighted by atomic mass is 16.3. The molecule has 2 rings (SSSR count). The van der Waals surface area contributed by atoms with Crippen LogP contribution in [0.2, 0.25) is 0 Å². The Balaban J connectivity index is 2.12. The Hall–Kier alpha value is -0.870. The minimum Gasteiger partial charge on any atom is -0.447 e. The van der Waals surface area contributed by atoms with Crippen LogP contribution in [0.4, 0.5) is 0 Å².